The van der Waals surface area contributed by atoms with Crippen molar-refractivity contribution in [2.75, 3.05) is 6.61 Å². The molecule has 1 aliphatic heterocycles. The Hall–Kier alpha value is -0.930. The molecular weight excluding hydrogens is 205 g/mol. The van der Waals surface area contributed by atoms with Gasteiger partial charge in [0, 0.05) is 12.6 Å². The number of aryl methyl sites for hydroxylation is 1. The number of hydrogen-bond acceptors (Lipinski definition) is 2. The Morgan fingerprint density at radius 3 is 3.00 bits per heavy atom. The van der Waals surface area contributed by atoms with Crippen LogP contribution < -0.4 is 5.73 Å². The molecule has 1 aromatic carbocycles. The van der Waals surface area contributed by atoms with Gasteiger partial charge in [-0.2, -0.15) is 0 Å². The Kier molecular flexibility index (Phi) is 3.56. The topological polar surface area (TPSA) is 35.2 Å². The molecule has 1 saturated heterocycles. The van der Waals surface area contributed by atoms with Crippen molar-refractivity contribution in [3.8, 4) is 0 Å². The van der Waals surface area contributed by atoms with Gasteiger partial charge in [-0.1, -0.05) is 12.1 Å². The van der Waals surface area contributed by atoms with Crippen LogP contribution in [0.1, 0.15) is 36.4 Å². The molecule has 2 nitrogen and oxygen atoms in total. The fourth-order valence-corrected chi connectivity index (χ4v) is 2.09. The molecule has 16 heavy (non-hydrogen) atoms. The van der Waals surface area contributed by atoms with Gasteiger partial charge in [0.15, 0.2) is 0 Å². The minimum absolute atomic E-state index is 0.127. The van der Waals surface area contributed by atoms with Crippen LogP contribution in [0.3, 0.4) is 0 Å². The van der Waals surface area contributed by atoms with Crippen LogP contribution in [0.2, 0.25) is 0 Å². The highest BCUT2D eigenvalue weighted by Crippen LogP contribution is 2.24. The molecule has 1 aromatic rings. The maximum Gasteiger partial charge on any atom is 0.126 e. The molecular formula is C13H18FNO. The van der Waals surface area contributed by atoms with E-state index in [1.54, 1.807) is 13.0 Å². The predicted octanol–water partition coefficient (Wildman–Crippen LogP) is 2.70. The van der Waals surface area contributed by atoms with Crippen molar-refractivity contribution in [2.24, 2.45) is 5.73 Å². The second kappa shape index (κ2) is 4.93. The van der Waals surface area contributed by atoms with Crippen LogP contribution >= 0.6 is 0 Å². The smallest absolute Gasteiger partial charge is 0.126 e. The SMILES string of the molecule is Cc1ccc(C(N)CC2CCCO2)cc1F. The van der Waals surface area contributed by atoms with Crippen LogP contribution in [0.5, 0.6) is 0 Å². The third-order valence-corrected chi connectivity index (χ3v) is 3.16. The van der Waals surface area contributed by atoms with E-state index in [0.717, 1.165) is 31.4 Å². The summed E-state index contributed by atoms with van der Waals surface area (Å²) in [6.45, 7) is 2.59. The van der Waals surface area contributed by atoms with E-state index in [1.807, 2.05) is 6.07 Å². The van der Waals surface area contributed by atoms with E-state index < -0.39 is 0 Å². The number of ether oxygens (including phenoxy) is 1. The molecule has 2 N–H and O–H groups in total. The van der Waals surface area contributed by atoms with Gasteiger partial charge < -0.3 is 10.5 Å². The van der Waals surface area contributed by atoms with Crippen molar-refractivity contribution in [1.82, 2.24) is 0 Å². The van der Waals surface area contributed by atoms with Crippen molar-refractivity contribution in [1.29, 1.82) is 0 Å². The number of nitrogens with two attached hydrogens (primary N) is 1. The highest BCUT2D eigenvalue weighted by Gasteiger charge is 2.19. The van der Waals surface area contributed by atoms with Gasteiger partial charge in [-0.15, -0.1) is 0 Å². The van der Waals surface area contributed by atoms with Crippen LogP contribution in [0, 0.1) is 12.7 Å². The lowest BCUT2D eigenvalue weighted by atomic mass is 9.99. The average molecular weight is 223 g/mol. The molecule has 0 saturated carbocycles. The third-order valence-electron chi connectivity index (χ3n) is 3.16. The summed E-state index contributed by atoms with van der Waals surface area (Å²) in [4.78, 5) is 0. The van der Waals surface area contributed by atoms with E-state index in [9.17, 15) is 4.39 Å². The predicted molar refractivity (Wildman–Crippen MR) is 61.7 cm³/mol. The standard InChI is InChI=1S/C13H18FNO/c1-9-4-5-10(7-12(9)14)13(15)8-11-3-2-6-16-11/h4-5,7,11,13H,2-3,6,8,15H2,1H3. The van der Waals surface area contributed by atoms with Gasteiger partial charge in [-0.25, -0.2) is 4.39 Å². The minimum atomic E-state index is -0.180. The number of hydrogen-bond donors (Lipinski definition) is 1. The second-order valence-corrected chi connectivity index (χ2v) is 4.49. The van der Waals surface area contributed by atoms with E-state index in [4.69, 9.17) is 10.5 Å². The summed E-state index contributed by atoms with van der Waals surface area (Å²) in [5.74, 6) is -0.180. The van der Waals surface area contributed by atoms with E-state index in [-0.39, 0.29) is 18.0 Å². The van der Waals surface area contributed by atoms with Crippen molar-refractivity contribution < 1.29 is 9.13 Å². The summed E-state index contributed by atoms with van der Waals surface area (Å²) in [7, 11) is 0. The molecule has 1 heterocycles. The summed E-state index contributed by atoms with van der Waals surface area (Å²) in [6.07, 6.45) is 3.21. The second-order valence-electron chi connectivity index (χ2n) is 4.49. The average Bonchev–Trinajstić information content (AvgIpc) is 2.74. The highest BCUT2D eigenvalue weighted by molar-refractivity contribution is 5.25. The highest BCUT2D eigenvalue weighted by atomic mass is 19.1. The van der Waals surface area contributed by atoms with Gasteiger partial charge in [0.2, 0.25) is 0 Å². The van der Waals surface area contributed by atoms with E-state index in [0.29, 0.717) is 5.56 Å². The first-order chi connectivity index (χ1) is 7.66. The Morgan fingerprint density at radius 2 is 2.38 bits per heavy atom. The Morgan fingerprint density at radius 1 is 1.56 bits per heavy atom. The largest absolute Gasteiger partial charge is 0.378 e. The van der Waals surface area contributed by atoms with Crippen molar-refractivity contribution in [3.63, 3.8) is 0 Å². The molecule has 0 radical (unpaired) electrons. The van der Waals surface area contributed by atoms with Crippen LogP contribution in [-0.2, 0) is 4.74 Å². The zero-order chi connectivity index (χ0) is 11.5. The number of benzene rings is 1. The maximum absolute atomic E-state index is 13.4. The Labute approximate surface area is 95.6 Å². The summed E-state index contributed by atoms with van der Waals surface area (Å²) in [5, 5.41) is 0. The molecule has 1 aliphatic rings. The van der Waals surface area contributed by atoms with Gasteiger partial charge in [0.25, 0.3) is 0 Å². The first-order valence-electron chi connectivity index (χ1n) is 5.80. The first kappa shape index (κ1) is 11.6. The zero-order valence-corrected chi connectivity index (χ0v) is 9.58. The molecule has 3 heteroatoms. The van der Waals surface area contributed by atoms with Crippen molar-refractivity contribution in [2.45, 2.75) is 38.3 Å². The van der Waals surface area contributed by atoms with Gasteiger partial charge >= 0.3 is 0 Å². The number of rotatable bonds is 3. The number of halogens is 1. The summed E-state index contributed by atoms with van der Waals surface area (Å²) in [6, 6.07) is 5.09. The van der Waals surface area contributed by atoms with Crippen LogP contribution in [0.4, 0.5) is 4.39 Å². The maximum atomic E-state index is 13.4. The van der Waals surface area contributed by atoms with Gasteiger partial charge in [-0.05, 0) is 43.4 Å². The summed E-state index contributed by atoms with van der Waals surface area (Å²) in [5.41, 5.74) is 7.57. The lowest BCUT2D eigenvalue weighted by molar-refractivity contribution is 0.0983. The first-order valence-corrected chi connectivity index (χ1v) is 5.80. The Balaban J connectivity index is 2.02. The lowest BCUT2D eigenvalue weighted by Gasteiger charge is -2.16. The van der Waals surface area contributed by atoms with E-state index >= 15 is 0 Å². The quantitative estimate of drug-likeness (QED) is 0.855. The molecule has 0 aliphatic carbocycles. The van der Waals surface area contributed by atoms with Crippen LogP contribution in [0.15, 0.2) is 18.2 Å². The van der Waals surface area contributed by atoms with Crippen LogP contribution in [0.25, 0.3) is 0 Å². The Bertz CT molecular complexity index is 361. The molecule has 2 atom stereocenters. The van der Waals surface area contributed by atoms with Gasteiger partial charge in [0.1, 0.15) is 5.82 Å². The molecule has 0 aromatic heterocycles. The molecule has 0 spiro atoms. The van der Waals surface area contributed by atoms with Crippen LogP contribution in [-0.4, -0.2) is 12.7 Å². The third kappa shape index (κ3) is 2.60. The fourth-order valence-electron chi connectivity index (χ4n) is 2.09. The molecule has 88 valence electrons. The van der Waals surface area contributed by atoms with E-state index in [1.165, 1.54) is 6.07 Å². The minimum Gasteiger partial charge on any atom is -0.378 e. The molecule has 0 bridgehead atoms. The summed E-state index contributed by atoms with van der Waals surface area (Å²) >= 11 is 0. The van der Waals surface area contributed by atoms with Crippen molar-refractivity contribution in [3.05, 3.63) is 35.1 Å². The van der Waals surface area contributed by atoms with Gasteiger partial charge in [0.05, 0.1) is 6.10 Å². The lowest BCUT2D eigenvalue weighted by Crippen LogP contribution is -2.18. The fraction of sp³-hybridized carbons (Fsp3) is 0.538. The van der Waals surface area contributed by atoms with Crippen molar-refractivity contribution >= 4 is 0 Å². The van der Waals surface area contributed by atoms with Gasteiger partial charge in [-0.3, -0.25) is 0 Å². The molecule has 1 fully saturated rings. The molecule has 2 unspecified atom stereocenters. The monoisotopic (exact) mass is 223 g/mol. The zero-order valence-electron chi connectivity index (χ0n) is 9.58. The summed E-state index contributed by atoms with van der Waals surface area (Å²) < 4.78 is 18.9. The molecule has 0 amide bonds. The van der Waals surface area contributed by atoms with E-state index in [2.05, 4.69) is 0 Å². The normalized spacial score (nSPS) is 22.3. The molecule has 2 rings (SSSR count).